The predicted octanol–water partition coefficient (Wildman–Crippen LogP) is 2.68. The van der Waals surface area contributed by atoms with Gasteiger partial charge in [0.15, 0.2) is 6.29 Å². The quantitative estimate of drug-likeness (QED) is 0.330. The summed E-state index contributed by atoms with van der Waals surface area (Å²) in [5, 5.41) is 2.77. The van der Waals surface area contributed by atoms with Crippen LogP contribution in [0.3, 0.4) is 0 Å². The third kappa shape index (κ3) is 5.61. The molecule has 1 N–H and O–H groups in total. The van der Waals surface area contributed by atoms with Gasteiger partial charge in [-0.25, -0.2) is 4.99 Å². The van der Waals surface area contributed by atoms with Gasteiger partial charge in [-0.05, 0) is 49.8 Å². The minimum atomic E-state index is -1.08. The van der Waals surface area contributed by atoms with Gasteiger partial charge in [0.1, 0.15) is 18.8 Å². The number of carbonyl (C=O) groups excluding carboxylic acids is 3. The monoisotopic (exact) mass is 456 g/mol. The van der Waals surface area contributed by atoms with Crippen LogP contribution in [0, 0.1) is 11.8 Å². The minimum absolute atomic E-state index is 0.0359. The van der Waals surface area contributed by atoms with Crippen LogP contribution in [-0.4, -0.2) is 62.6 Å². The van der Waals surface area contributed by atoms with Gasteiger partial charge in [-0.15, -0.1) is 0 Å². The van der Waals surface area contributed by atoms with Crippen LogP contribution in [-0.2, 0) is 23.8 Å². The van der Waals surface area contributed by atoms with Crippen molar-refractivity contribution in [1.82, 2.24) is 5.32 Å². The van der Waals surface area contributed by atoms with E-state index in [4.69, 9.17) is 14.2 Å². The van der Waals surface area contributed by atoms with Crippen LogP contribution in [0.2, 0.25) is 0 Å². The molecular weight excluding hydrogens is 424 g/mol. The average Bonchev–Trinajstić information content (AvgIpc) is 3.36. The van der Waals surface area contributed by atoms with Crippen LogP contribution in [0.4, 0.5) is 0 Å². The Labute approximate surface area is 194 Å². The molecule has 3 aliphatic rings. The molecule has 2 aliphatic carbocycles. The van der Waals surface area contributed by atoms with Gasteiger partial charge >= 0.3 is 5.97 Å². The lowest BCUT2D eigenvalue weighted by Crippen LogP contribution is -2.50. The molecule has 1 aromatic carbocycles. The van der Waals surface area contributed by atoms with Crippen molar-refractivity contribution >= 4 is 24.1 Å². The van der Waals surface area contributed by atoms with Crippen molar-refractivity contribution in [3.05, 3.63) is 35.4 Å². The number of aldehydes is 1. The van der Waals surface area contributed by atoms with E-state index in [0.717, 1.165) is 37.5 Å². The molecule has 1 aliphatic heterocycles. The lowest BCUT2D eigenvalue weighted by atomic mass is 9.75. The molecule has 0 spiro atoms. The van der Waals surface area contributed by atoms with E-state index >= 15 is 0 Å². The summed E-state index contributed by atoms with van der Waals surface area (Å²) in [4.78, 5) is 41.6. The Hall–Kier alpha value is -2.74. The molecule has 0 radical (unpaired) electrons. The zero-order valence-corrected chi connectivity index (χ0v) is 18.9. The Morgan fingerprint density at radius 3 is 2.82 bits per heavy atom. The maximum absolute atomic E-state index is 12.8. The molecule has 1 amide bonds. The van der Waals surface area contributed by atoms with E-state index in [1.54, 1.807) is 18.2 Å². The second kappa shape index (κ2) is 10.9. The first-order valence-electron chi connectivity index (χ1n) is 11.9. The van der Waals surface area contributed by atoms with Crippen LogP contribution in [0.5, 0.6) is 0 Å². The predicted molar refractivity (Wildman–Crippen MR) is 121 cm³/mol. The number of hydrogen-bond acceptors (Lipinski definition) is 7. The highest BCUT2D eigenvalue weighted by Crippen LogP contribution is 2.38. The Morgan fingerprint density at radius 2 is 2.09 bits per heavy atom. The molecule has 8 heteroatoms. The van der Waals surface area contributed by atoms with Gasteiger partial charge in [0.2, 0.25) is 5.90 Å². The van der Waals surface area contributed by atoms with Gasteiger partial charge in [0.25, 0.3) is 5.91 Å². The molecule has 1 heterocycles. The van der Waals surface area contributed by atoms with Gasteiger partial charge in [0, 0.05) is 11.1 Å². The van der Waals surface area contributed by atoms with Gasteiger partial charge in [-0.1, -0.05) is 25.3 Å². The maximum Gasteiger partial charge on any atom is 0.312 e. The van der Waals surface area contributed by atoms with Crippen molar-refractivity contribution in [3.63, 3.8) is 0 Å². The second-order valence-corrected chi connectivity index (χ2v) is 9.02. The molecule has 4 rings (SSSR count). The Bertz CT molecular complexity index is 897. The van der Waals surface area contributed by atoms with Crippen molar-refractivity contribution in [2.45, 2.75) is 50.5 Å². The molecular formula is C25H32N2O6. The zero-order chi connectivity index (χ0) is 23.1. The van der Waals surface area contributed by atoms with E-state index in [1.807, 2.05) is 6.07 Å². The summed E-state index contributed by atoms with van der Waals surface area (Å²) in [6.45, 7) is 1.91. The number of carbonyl (C=O) groups is 3. The Balaban J connectivity index is 1.26. The summed E-state index contributed by atoms with van der Waals surface area (Å²) >= 11 is 0. The average molecular weight is 457 g/mol. The number of esters is 1. The number of ether oxygens (including phenoxy) is 3. The molecule has 1 aromatic rings. The fraction of sp³-hybridized carbons (Fsp3) is 0.600. The first-order chi connectivity index (χ1) is 16.1. The summed E-state index contributed by atoms with van der Waals surface area (Å²) in [5.41, 5.74) is 0.157. The van der Waals surface area contributed by atoms with Crippen molar-refractivity contribution in [3.8, 4) is 0 Å². The lowest BCUT2D eigenvalue weighted by molar-refractivity contribution is -0.175. The van der Waals surface area contributed by atoms with Crippen molar-refractivity contribution < 1.29 is 28.6 Å². The zero-order valence-electron chi connectivity index (χ0n) is 18.9. The van der Waals surface area contributed by atoms with Gasteiger partial charge in [-0.3, -0.25) is 9.59 Å². The fourth-order valence-corrected chi connectivity index (χ4v) is 4.59. The smallest absolute Gasteiger partial charge is 0.312 e. The highest BCUT2D eigenvalue weighted by Gasteiger charge is 2.47. The van der Waals surface area contributed by atoms with Gasteiger partial charge in [0.05, 0.1) is 25.6 Å². The van der Waals surface area contributed by atoms with Crippen molar-refractivity contribution in [2.75, 3.05) is 32.9 Å². The number of benzene rings is 1. The molecule has 33 heavy (non-hydrogen) atoms. The van der Waals surface area contributed by atoms with E-state index in [-0.39, 0.29) is 19.1 Å². The van der Waals surface area contributed by atoms with Crippen LogP contribution in [0.25, 0.3) is 0 Å². The molecule has 0 bridgehead atoms. The summed E-state index contributed by atoms with van der Waals surface area (Å²) < 4.78 is 16.9. The third-order valence-corrected chi connectivity index (χ3v) is 6.79. The highest BCUT2D eigenvalue weighted by molar-refractivity contribution is 6.00. The van der Waals surface area contributed by atoms with E-state index in [0.29, 0.717) is 50.0 Å². The SMILES string of the molecule is O=CC1(OCC2CCC2)CCCCC1C(=O)OCCNC(=O)c1cccc(C2=NCCO2)c1. The number of nitrogens with zero attached hydrogens (tertiary/aromatic N) is 1. The number of amides is 1. The first kappa shape index (κ1) is 23.4. The molecule has 2 atom stereocenters. The number of rotatable bonds is 10. The molecule has 0 aromatic heterocycles. The van der Waals surface area contributed by atoms with Crippen molar-refractivity contribution in [1.29, 1.82) is 0 Å². The molecule has 0 saturated heterocycles. The molecule has 2 unspecified atom stereocenters. The van der Waals surface area contributed by atoms with Gasteiger partial charge in [-0.2, -0.15) is 0 Å². The van der Waals surface area contributed by atoms with Gasteiger partial charge < -0.3 is 24.3 Å². The van der Waals surface area contributed by atoms with Crippen molar-refractivity contribution in [2.24, 2.45) is 16.8 Å². The van der Waals surface area contributed by atoms with Crippen LogP contribution < -0.4 is 5.32 Å². The molecule has 2 saturated carbocycles. The number of aliphatic imine (C=N–C) groups is 1. The maximum atomic E-state index is 12.8. The fourth-order valence-electron chi connectivity index (χ4n) is 4.59. The molecule has 8 nitrogen and oxygen atoms in total. The minimum Gasteiger partial charge on any atom is -0.476 e. The number of hydrogen-bond donors (Lipinski definition) is 1. The molecule has 178 valence electrons. The summed E-state index contributed by atoms with van der Waals surface area (Å²) in [6, 6.07) is 7.06. The summed E-state index contributed by atoms with van der Waals surface area (Å²) in [7, 11) is 0. The van der Waals surface area contributed by atoms with Crippen LogP contribution in [0.1, 0.15) is 60.9 Å². The van der Waals surface area contributed by atoms with Crippen LogP contribution >= 0.6 is 0 Å². The number of nitrogens with one attached hydrogen (secondary N) is 1. The Morgan fingerprint density at radius 1 is 1.21 bits per heavy atom. The normalized spacial score (nSPS) is 24.8. The largest absolute Gasteiger partial charge is 0.476 e. The lowest BCUT2D eigenvalue weighted by Gasteiger charge is -2.40. The second-order valence-electron chi connectivity index (χ2n) is 9.02. The standard InChI is InChI=1S/C25H32N2O6/c28-17-25(33-16-18-5-3-6-18)10-2-1-9-21(25)24(30)32-14-11-26-22(29)19-7-4-8-20(15-19)23-27-12-13-31-23/h4,7-8,15,17-18,21H,1-3,5-6,9-14,16H2,(H,26,29). The third-order valence-electron chi connectivity index (χ3n) is 6.79. The summed E-state index contributed by atoms with van der Waals surface area (Å²) in [5.74, 6) is -0.257. The Kier molecular flexibility index (Phi) is 7.75. The van der Waals surface area contributed by atoms with E-state index in [2.05, 4.69) is 10.3 Å². The van der Waals surface area contributed by atoms with E-state index in [9.17, 15) is 14.4 Å². The summed E-state index contributed by atoms with van der Waals surface area (Å²) in [6.07, 6.45) is 7.10. The molecule has 2 fully saturated rings. The van der Waals surface area contributed by atoms with E-state index < -0.39 is 17.5 Å². The first-order valence-corrected chi connectivity index (χ1v) is 11.9. The van der Waals surface area contributed by atoms with Crippen LogP contribution in [0.15, 0.2) is 29.3 Å². The topological polar surface area (TPSA) is 103 Å². The van der Waals surface area contributed by atoms with E-state index in [1.165, 1.54) is 6.42 Å². The highest BCUT2D eigenvalue weighted by atomic mass is 16.5.